The summed E-state index contributed by atoms with van der Waals surface area (Å²) in [5.41, 5.74) is 0. The van der Waals surface area contributed by atoms with E-state index >= 15 is 0 Å². The van der Waals surface area contributed by atoms with Gasteiger partial charge in [0.05, 0.1) is 25.2 Å². The van der Waals surface area contributed by atoms with E-state index in [1.807, 2.05) is 0 Å². The van der Waals surface area contributed by atoms with Crippen LogP contribution in [0.1, 0.15) is 25.0 Å². The molecule has 0 radical (unpaired) electrons. The Morgan fingerprint density at radius 3 is 2.95 bits per heavy atom. The third-order valence-electron chi connectivity index (χ3n) is 3.89. The fourth-order valence-corrected chi connectivity index (χ4v) is 4.13. The minimum Gasteiger partial charge on any atom is -0.468 e. The molecule has 0 amide bonds. The lowest BCUT2D eigenvalue weighted by Gasteiger charge is -2.24. The summed E-state index contributed by atoms with van der Waals surface area (Å²) in [6.07, 6.45) is 4.26. The first-order valence-electron chi connectivity index (χ1n) is 7.68. The predicted molar refractivity (Wildman–Crippen MR) is 82.9 cm³/mol. The summed E-state index contributed by atoms with van der Waals surface area (Å²) >= 11 is 0. The van der Waals surface area contributed by atoms with E-state index in [0.29, 0.717) is 37.9 Å². The van der Waals surface area contributed by atoms with Crippen molar-refractivity contribution in [1.29, 1.82) is 0 Å². The van der Waals surface area contributed by atoms with E-state index in [1.165, 1.54) is 4.31 Å². The Bertz CT molecular complexity index is 508. The minimum atomic E-state index is -3.33. The molecular weight excluding hydrogens is 306 g/mol. The van der Waals surface area contributed by atoms with Gasteiger partial charge in [0.1, 0.15) is 5.76 Å². The van der Waals surface area contributed by atoms with Crippen molar-refractivity contribution in [2.75, 3.05) is 39.2 Å². The molecular formula is C15H25NO5S. The zero-order valence-electron chi connectivity index (χ0n) is 13.1. The van der Waals surface area contributed by atoms with Gasteiger partial charge >= 0.3 is 0 Å². The maximum atomic E-state index is 12.6. The molecule has 1 aromatic heterocycles. The molecule has 6 nitrogen and oxygen atoms in total. The largest absolute Gasteiger partial charge is 0.468 e. The molecule has 0 saturated carbocycles. The third-order valence-corrected chi connectivity index (χ3v) is 5.74. The highest BCUT2D eigenvalue weighted by Gasteiger charge is 2.25. The number of ether oxygens (including phenoxy) is 2. The van der Waals surface area contributed by atoms with Crippen LogP contribution in [0.2, 0.25) is 0 Å². The Labute approximate surface area is 132 Å². The maximum Gasteiger partial charge on any atom is 0.214 e. The van der Waals surface area contributed by atoms with Gasteiger partial charge in [0.2, 0.25) is 10.0 Å². The standard InChI is InChI=1S/C15H25NO5S/c1-19-10-7-16(12-15-5-3-9-21-15)22(17,18)11-6-14-4-2-8-20-13-14/h3,5,9,14H,2,4,6-8,10-13H2,1H3. The zero-order valence-corrected chi connectivity index (χ0v) is 13.9. The highest BCUT2D eigenvalue weighted by atomic mass is 32.2. The first-order chi connectivity index (χ1) is 10.6. The lowest BCUT2D eigenvalue weighted by Crippen LogP contribution is -2.36. The van der Waals surface area contributed by atoms with Crippen LogP contribution in [0.25, 0.3) is 0 Å². The molecule has 1 aliphatic rings. The van der Waals surface area contributed by atoms with E-state index in [2.05, 4.69) is 0 Å². The van der Waals surface area contributed by atoms with Crippen molar-refractivity contribution in [2.45, 2.75) is 25.8 Å². The average Bonchev–Trinajstić information content (AvgIpc) is 3.03. The zero-order chi connectivity index (χ0) is 15.8. The lowest BCUT2D eigenvalue weighted by atomic mass is 10.00. The van der Waals surface area contributed by atoms with Crippen molar-refractivity contribution in [3.8, 4) is 0 Å². The molecule has 0 bridgehead atoms. The summed E-state index contributed by atoms with van der Waals surface area (Å²) < 4.78 is 42.3. The highest BCUT2D eigenvalue weighted by molar-refractivity contribution is 7.89. The molecule has 22 heavy (non-hydrogen) atoms. The van der Waals surface area contributed by atoms with E-state index in [0.717, 1.165) is 19.4 Å². The Balaban J connectivity index is 1.93. The molecule has 2 rings (SSSR count). The molecule has 0 spiro atoms. The van der Waals surface area contributed by atoms with Gasteiger partial charge in [-0.25, -0.2) is 8.42 Å². The maximum absolute atomic E-state index is 12.6. The molecule has 1 aliphatic heterocycles. The van der Waals surface area contributed by atoms with E-state index < -0.39 is 10.0 Å². The van der Waals surface area contributed by atoms with Gasteiger partial charge in [-0.2, -0.15) is 4.31 Å². The van der Waals surface area contributed by atoms with Gasteiger partial charge in [-0.1, -0.05) is 0 Å². The molecule has 0 N–H and O–H groups in total. The highest BCUT2D eigenvalue weighted by Crippen LogP contribution is 2.19. The second kappa shape index (κ2) is 8.67. The fourth-order valence-electron chi connectivity index (χ4n) is 2.57. The molecule has 0 aliphatic carbocycles. The molecule has 1 atom stereocenters. The molecule has 1 unspecified atom stereocenters. The smallest absolute Gasteiger partial charge is 0.214 e. The van der Waals surface area contributed by atoms with Crippen molar-refractivity contribution < 1.29 is 22.3 Å². The van der Waals surface area contributed by atoms with E-state index in [-0.39, 0.29) is 12.3 Å². The molecule has 1 fully saturated rings. The topological polar surface area (TPSA) is 69.0 Å². The van der Waals surface area contributed by atoms with Crippen LogP contribution in [-0.2, 0) is 26.0 Å². The average molecular weight is 331 g/mol. The van der Waals surface area contributed by atoms with Crippen LogP contribution in [0.4, 0.5) is 0 Å². The van der Waals surface area contributed by atoms with Crippen LogP contribution < -0.4 is 0 Å². The number of nitrogens with zero attached hydrogens (tertiary/aromatic N) is 1. The van der Waals surface area contributed by atoms with Gasteiger partial charge in [0, 0.05) is 26.9 Å². The van der Waals surface area contributed by atoms with Crippen molar-refractivity contribution in [1.82, 2.24) is 4.31 Å². The summed E-state index contributed by atoms with van der Waals surface area (Å²) in [4.78, 5) is 0. The van der Waals surface area contributed by atoms with Crippen molar-refractivity contribution in [3.05, 3.63) is 24.2 Å². The Morgan fingerprint density at radius 2 is 2.32 bits per heavy atom. The molecule has 7 heteroatoms. The second-order valence-electron chi connectivity index (χ2n) is 5.59. The van der Waals surface area contributed by atoms with Crippen molar-refractivity contribution in [3.63, 3.8) is 0 Å². The third kappa shape index (κ3) is 5.39. The Hall–Kier alpha value is -0.890. The summed E-state index contributed by atoms with van der Waals surface area (Å²) in [7, 11) is -1.77. The number of rotatable bonds is 9. The van der Waals surface area contributed by atoms with E-state index in [4.69, 9.17) is 13.9 Å². The van der Waals surface area contributed by atoms with Gasteiger partial charge in [0.25, 0.3) is 0 Å². The predicted octanol–water partition coefficient (Wildman–Crippen LogP) is 1.87. The first kappa shape index (κ1) is 17.5. The number of hydrogen-bond donors (Lipinski definition) is 0. The van der Waals surface area contributed by atoms with Crippen molar-refractivity contribution >= 4 is 10.0 Å². The van der Waals surface area contributed by atoms with Gasteiger partial charge in [-0.05, 0) is 37.3 Å². The molecule has 1 saturated heterocycles. The quantitative estimate of drug-likeness (QED) is 0.691. The number of sulfonamides is 1. The van der Waals surface area contributed by atoms with Crippen LogP contribution in [0.3, 0.4) is 0 Å². The first-order valence-corrected chi connectivity index (χ1v) is 9.29. The van der Waals surface area contributed by atoms with Crippen molar-refractivity contribution in [2.24, 2.45) is 5.92 Å². The van der Waals surface area contributed by atoms with Crippen LogP contribution in [0.5, 0.6) is 0 Å². The number of methoxy groups -OCH3 is 1. The van der Waals surface area contributed by atoms with Crippen LogP contribution >= 0.6 is 0 Å². The second-order valence-corrected chi connectivity index (χ2v) is 7.68. The molecule has 0 aromatic carbocycles. The minimum absolute atomic E-state index is 0.144. The summed E-state index contributed by atoms with van der Waals surface area (Å²) in [6, 6.07) is 3.54. The summed E-state index contributed by atoms with van der Waals surface area (Å²) in [5.74, 6) is 1.13. The number of furan rings is 1. The van der Waals surface area contributed by atoms with Gasteiger partial charge in [-0.15, -0.1) is 0 Å². The molecule has 1 aromatic rings. The molecule has 2 heterocycles. The van der Waals surface area contributed by atoms with Crippen LogP contribution in [-0.4, -0.2) is 52.0 Å². The lowest BCUT2D eigenvalue weighted by molar-refractivity contribution is 0.0537. The van der Waals surface area contributed by atoms with Gasteiger partial charge < -0.3 is 13.9 Å². The van der Waals surface area contributed by atoms with Gasteiger partial charge in [0.15, 0.2) is 0 Å². The van der Waals surface area contributed by atoms with E-state index in [1.54, 1.807) is 25.5 Å². The summed E-state index contributed by atoms with van der Waals surface area (Å²) in [6.45, 7) is 2.42. The van der Waals surface area contributed by atoms with Crippen LogP contribution in [0.15, 0.2) is 22.8 Å². The normalized spacial score (nSPS) is 19.6. The monoisotopic (exact) mass is 331 g/mol. The van der Waals surface area contributed by atoms with Gasteiger partial charge in [-0.3, -0.25) is 0 Å². The summed E-state index contributed by atoms with van der Waals surface area (Å²) in [5, 5.41) is 0. The Kier molecular flexibility index (Phi) is 6.88. The van der Waals surface area contributed by atoms with Crippen LogP contribution in [0, 0.1) is 5.92 Å². The van der Waals surface area contributed by atoms with E-state index in [9.17, 15) is 8.42 Å². The Morgan fingerprint density at radius 1 is 1.45 bits per heavy atom. The fraction of sp³-hybridized carbons (Fsp3) is 0.733. The SMILES string of the molecule is COCCN(Cc1ccco1)S(=O)(=O)CCC1CCCOC1. The number of hydrogen-bond acceptors (Lipinski definition) is 5. The molecule has 126 valence electrons.